The van der Waals surface area contributed by atoms with Crippen molar-refractivity contribution < 1.29 is 9.90 Å². The van der Waals surface area contributed by atoms with Crippen LogP contribution in [0.25, 0.3) is 0 Å². The first-order valence-corrected chi connectivity index (χ1v) is 6.57. The molecule has 1 amide bonds. The number of aliphatic hydroxyl groups is 1. The van der Waals surface area contributed by atoms with Gasteiger partial charge in [0, 0.05) is 6.54 Å². The standard InChI is InChI=1S/C15H21NO2/c1-10-3-4-11(2)13(7-10)8-15(18)16-9-14(17)12-5-6-12/h3-4,7,12,14,17H,5-6,8-9H2,1-2H3,(H,16,18). The number of carbonyl (C=O) groups is 1. The van der Waals surface area contributed by atoms with E-state index in [-0.39, 0.29) is 12.0 Å². The van der Waals surface area contributed by atoms with Crippen LogP contribution in [0, 0.1) is 19.8 Å². The first-order valence-electron chi connectivity index (χ1n) is 6.57. The van der Waals surface area contributed by atoms with Crippen LogP contribution in [-0.2, 0) is 11.2 Å². The maximum absolute atomic E-state index is 11.8. The molecule has 1 aromatic carbocycles. The van der Waals surface area contributed by atoms with Gasteiger partial charge in [-0.05, 0) is 43.7 Å². The highest BCUT2D eigenvalue weighted by Crippen LogP contribution is 2.32. The molecule has 1 saturated carbocycles. The van der Waals surface area contributed by atoms with Gasteiger partial charge in [0.2, 0.25) is 5.91 Å². The predicted molar refractivity (Wildman–Crippen MR) is 71.4 cm³/mol. The van der Waals surface area contributed by atoms with E-state index in [1.165, 1.54) is 5.56 Å². The van der Waals surface area contributed by atoms with Crippen molar-refractivity contribution >= 4 is 5.91 Å². The van der Waals surface area contributed by atoms with Crippen molar-refractivity contribution in [1.82, 2.24) is 5.32 Å². The van der Waals surface area contributed by atoms with Gasteiger partial charge < -0.3 is 10.4 Å². The molecule has 18 heavy (non-hydrogen) atoms. The van der Waals surface area contributed by atoms with E-state index in [1.807, 2.05) is 32.0 Å². The molecule has 98 valence electrons. The lowest BCUT2D eigenvalue weighted by Crippen LogP contribution is -2.34. The first-order chi connectivity index (χ1) is 8.56. The maximum Gasteiger partial charge on any atom is 0.224 e. The molecule has 3 nitrogen and oxygen atoms in total. The van der Waals surface area contributed by atoms with E-state index in [2.05, 4.69) is 5.32 Å². The Hall–Kier alpha value is -1.35. The lowest BCUT2D eigenvalue weighted by atomic mass is 10.0. The second kappa shape index (κ2) is 5.53. The van der Waals surface area contributed by atoms with Gasteiger partial charge in [-0.1, -0.05) is 23.8 Å². The Bertz CT molecular complexity index is 438. The zero-order valence-electron chi connectivity index (χ0n) is 11.1. The van der Waals surface area contributed by atoms with Crippen molar-refractivity contribution in [3.05, 3.63) is 34.9 Å². The van der Waals surface area contributed by atoms with Crippen molar-refractivity contribution in [2.75, 3.05) is 6.54 Å². The van der Waals surface area contributed by atoms with Gasteiger partial charge >= 0.3 is 0 Å². The Kier molecular flexibility index (Phi) is 4.02. The van der Waals surface area contributed by atoms with Crippen molar-refractivity contribution in [3.63, 3.8) is 0 Å². The fourth-order valence-corrected chi connectivity index (χ4v) is 2.09. The summed E-state index contributed by atoms with van der Waals surface area (Å²) in [6.07, 6.45) is 2.21. The summed E-state index contributed by atoms with van der Waals surface area (Å²) in [7, 11) is 0. The van der Waals surface area contributed by atoms with Gasteiger partial charge in [-0.2, -0.15) is 0 Å². The molecule has 0 bridgehead atoms. The van der Waals surface area contributed by atoms with Crippen LogP contribution in [0.2, 0.25) is 0 Å². The van der Waals surface area contributed by atoms with Crippen LogP contribution >= 0.6 is 0 Å². The normalized spacial score (nSPS) is 16.4. The number of aryl methyl sites for hydroxylation is 2. The molecule has 0 aromatic heterocycles. The van der Waals surface area contributed by atoms with Crippen LogP contribution in [0.4, 0.5) is 0 Å². The van der Waals surface area contributed by atoms with Crippen LogP contribution in [0.1, 0.15) is 29.5 Å². The fourth-order valence-electron chi connectivity index (χ4n) is 2.09. The molecule has 1 aliphatic carbocycles. The van der Waals surface area contributed by atoms with E-state index >= 15 is 0 Å². The average molecular weight is 247 g/mol. The molecule has 2 N–H and O–H groups in total. The van der Waals surface area contributed by atoms with Crippen LogP contribution in [0.5, 0.6) is 0 Å². The summed E-state index contributed by atoms with van der Waals surface area (Å²) in [4.78, 5) is 11.8. The van der Waals surface area contributed by atoms with Crippen molar-refractivity contribution in [2.45, 2.75) is 39.2 Å². The first kappa shape index (κ1) is 13.1. The molecule has 0 heterocycles. The Balaban J connectivity index is 1.84. The number of hydrogen-bond acceptors (Lipinski definition) is 2. The minimum atomic E-state index is -0.368. The summed E-state index contributed by atoms with van der Waals surface area (Å²) < 4.78 is 0. The average Bonchev–Trinajstić information content (AvgIpc) is 3.15. The number of amides is 1. The Morgan fingerprint density at radius 2 is 2.17 bits per heavy atom. The molecular weight excluding hydrogens is 226 g/mol. The number of carbonyl (C=O) groups excluding carboxylic acids is 1. The molecule has 1 atom stereocenters. The van der Waals surface area contributed by atoms with Gasteiger partial charge in [0.1, 0.15) is 0 Å². The van der Waals surface area contributed by atoms with Gasteiger partial charge in [0.05, 0.1) is 12.5 Å². The van der Waals surface area contributed by atoms with E-state index in [0.717, 1.165) is 24.0 Å². The monoisotopic (exact) mass is 247 g/mol. The van der Waals surface area contributed by atoms with E-state index in [9.17, 15) is 9.90 Å². The number of nitrogens with one attached hydrogen (secondary N) is 1. The lowest BCUT2D eigenvalue weighted by Gasteiger charge is -2.11. The molecular formula is C15H21NO2. The zero-order chi connectivity index (χ0) is 13.1. The van der Waals surface area contributed by atoms with Crippen LogP contribution in [0.15, 0.2) is 18.2 Å². The number of rotatable bonds is 5. The van der Waals surface area contributed by atoms with Gasteiger partial charge in [0.15, 0.2) is 0 Å². The summed E-state index contributed by atoms with van der Waals surface area (Å²) in [5, 5.41) is 12.5. The third-order valence-electron chi connectivity index (χ3n) is 3.53. The molecule has 1 aromatic rings. The number of benzene rings is 1. The zero-order valence-corrected chi connectivity index (χ0v) is 11.1. The van der Waals surface area contributed by atoms with Crippen molar-refractivity contribution in [2.24, 2.45) is 5.92 Å². The summed E-state index contributed by atoms with van der Waals surface area (Å²) in [5.41, 5.74) is 3.37. The molecule has 0 aliphatic heterocycles. The minimum absolute atomic E-state index is 0.0107. The molecule has 1 unspecified atom stereocenters. The van der Waals surface area contributed by atoms with Crippen LogP contribution in [0.3, 0.4) is 0 Å². The number of aliphatic hydroxyl groups excluding tert-OH is 1. The Morgan fingerprint density at radius 1 is 1.44 bits per heavy atom. The Labute approximate surface area is 108 Å². The molecule has 2 rings (SSSR count). The highest BCUT2D eigenvalue weighted by atomic mass is 16.3. The quantitative estimate of drug-likeness (QED) is 0.832. The maximum atomic E-state index is 11.8. The second-order valence-electron chi connectivity index (χ2n) is 5.32. The fraction of sp³-hybridized carbons (Fsp3) is 0.533. The topological polar surface area (TPSA) is 49.3 Å². The molecule has 0 spiro atoms. The second-order valence-corrected chi connectivity index (χ2v) is 5.32. The molecule has 1 aliphatic rings. The highest BCUT2D eigenvalue weighted by Gasteiger charge is 2.29. The molecule has 1 fully saturated rings. The van der Waals surface area contributed by atoms with Gasteiger partial charge in [-0.15, -0.1) is 0 Å². The molecule has 0 saturated heterocycles. The molecule has 3 heteroatoms. The minimum Gasteiger partial charge on any atom is -0.391 e. The summed E-state index contributed by atoms with van der Waals surface area (Å²) in [6.45, 7) is 4.42. The molecule has 0 radical (unpaired) electrons. The van der Waals surface area contributed by atoms with E-state index in [0.29, 0.717) is 18.9 Å². The summed E-state index contributed by atoms with van der Waals surface area (Å²) >= 11 is 0. The van der Waals surface area contributed by atoms with E-state index < -0.39 is 0 Å². The van der Waals surface area contributed by atoms with Gasteiger partial charge in [-0.3, -0.25) is 4.79 Å². The third kappa shape index (κ3) is 3.57. The largest absolute Gasteiger partial charge is 0.391 e. The van der Waals surface area contributed by atoms with Crippen LogP contribution < -0.4 is 5.32 Å². The number of hydrogen-bond donors (Lipinski definition) is 2. The third-order valence-corrected chi connectivity index (χ3v) is 3.53. The summed E-state index contributed by atoms with van der Waals surface area (Å²) in [6, 6.07) is 6.14. The smallest absolute Gasteiger partial charge is 0.224 e. The highest BCUT2D eigenvalue weighted by molar-refractivity contribution is 5.79. The van der Waals surface area contributed by atoms with E-state index in [4.69, 9.17) is 0 Å². The SMILES string of the molecule is Cc1ccc(C)c(CC(=O)NCC(O)C2CC2)c1. The van der Waals surface area contributed by atoms with Crippen LogP contribution in [-0.4, -0.2) is 23.7 Å². The Morgan fingerprint density at radius 3 is 2.83 bits per heavy atom. The summed E-state index contributed by atoms with van der Waals surface area (Å²) in [5.74, 6) is 0.398. The lowest BCUT2D eigenvalue weighted by molar-refractivity contribution is -0.120. The van der Waals surface area contributed by atoms with Gasteiger partial charge in [-0.25, -0.2) is 0 Å². The van der Waals surface area contributed by atoms with Crippen molar-refractivity contribution in [3.8, 4) is 0 Å². The predicted octanol–water partition coefficient (Wildman–Crippen LogP) is 1.73. The van der Waals surface area contributed by atoms with Crippen molar-refractivity contribution in [1.29, 1.82) is 0 Å². The van der Waals surface area contributed by atoms with Gasteiger partial charge in [0.25, 0.3) is 0 Å². The van der Waals surface area contributed by atoms with E-state index in [1.54, 1.807) is 0 Å².